The number of carbonyl (C=O) groups excluding carboxylic acids is 1. The maximum absolute atomic E-state index is 13.4. The Bertz CT molecular complexity index is 1020. The number of aryl methyl sites for hydroxylation is 1. The van der Waals surface area contributed by atoms with Gasteiger partial charge < -0.3 is 14.8 Å². The molecule has 0 radical (unpaired) electrons. The molecule has 4 rings (SSSR count). The van der Waals surface area contributed by atoms with E-state index in [0.717, 1.165) is 27.0 Å². The number of hydrogen-bond acceptors (Lipinski definition) is 4. The van der Waals surface area contributed by atoms with Crippen molar-refractivity contribution >= 4 is 27.5 Å². The molecule has 0 aliphatic carbocycles. The SMILES string of the molecule is Cc1cc(NC(=O)C2(c3ccc(Br)cc3)CCOCC2)ccc1Oc1cccnc1. The minimum absolute atomic E-state index is 0.00606. The zero-order valence-electron chi connectivity index (χ0n) is 16.7. The lowest BCUT2D eigenvalue weighted by atomic mass is 9.73. The third kappa shape index (κ3) is 4.40. The number of nitrogens with one attached hydrogen (secondary N) is 1. The van der Waals surface area contributed by atoms with Gasteiger partial charge in [0, 0.05) is 29.6 Å². The van der Waals surface area contributed by atoms with Crippen molar-refractivity contribution in [3.05, 3.63) is 82.6 Å². The Hall–Kier alpha value is -2.70. The van der Waals surface area contributed by atoms with Crippen LogP contribution in [0.3, 0.4) is 0 Å². The van der Waals surface area contributed by atoms with Gasteiger partial charge in [-0.25, -0.2) is 0 Å². The summed E-state index contributed by atoms with van der Waals surface area (Å²) in [5, 5.41) is 3.12. The summed E-state index contributed by atoms with van der Waals surface area (Å²) in [7, 11) is 0. The molecule has 1 N–H and O–H groups in total. The largest absolute Gasteiger partial charge is 0.455 e. The Morgan fingerprint density at radius 2 is 1.90 bits per heavy atom. The van der Waals surface area contributed by atoms with E-state index in [0.29, 0.717) is 31.8 Å². The van der Waals surface area contributed by atoms with E-state index in [-0.39, 0.29) is 5.91 Å². The fourth-order valence-corrected chi connectivity index (χ4v) is 4.03. The minimum Gasteiger partial charge on any atom is -0.455 e. The van der Waals surface area contributed by atoms with Gasteiger partial charge in [0.05, 0.1) is 11.6 Å². The summed E-state index contributed by atoms with van der Waals surface area (Å²) in [5.74, 6) is 1.40. The van der Waals surface area contributed by atoms with Crippen LogP contribution >= 0.6 is 15.9 Å². The number of carbonyl (C=O) groups is 1. The van der Waals surface area contributed by atoms with Crippen LogP contribution in [0.4, 0.5) is 5.69 Å². The number of nitrogens with zero attached hydrogens (tertiary/aromatic N) is 1. The second kappa shape index (κ2) is 8.98. The molecule has 2 heterocycles. The summed E-state index contributed by atoms with van der Waals surface area (Å²) in [6.07, 6.45) is 4.68. The molecule has 0 saturated carbocycles. The predicted molar refractivity (Wildman–Crippen MR) is 120 cm³/mol. The predicted octanol–water partition coefficient (Wildman–Crippen LogP) is 5.63. The molecular formula is C24H23BrN2O3. The van der Waals surface area contributed by atoms with Crippen molar-refractivity contribution < 1.29 is 14.3 Å². The van der Waals surface area contributed by atoms with Crippen LogP contribution in [-0.2, 0) is 14.9 Å². The average molecular weight is 467 g/mol. The molecule has 5 nitrogen and oxygen atoms in total. The Morgan fingerprint density at radius 3 is 2.57 bits per heavy atom. The number of hydrogen-bond donors (Lipinski definition) is 1. The van der Waals surface area contributed by atoms with Gasteiger partial charge in [-0.2, -0.15) is 0 Å². The first-order valence-electron chi connectivity index (χ1n) is 9.91. The fraction of sp³-hybridized carbons (Fsp3) is 0.250. The van der Waals surface area contributed by atoms with Gasteiger partial charge in [0.25, 0.3) is 0 Å². The van der Waals surface area contributed by atoms with E-state index in [1.165, 1.54) is 0 Å². The first kappa shape index (κ1) is 20.6. The normalized spacial score (nSPS) is 15.4. The summed E-state index contributed by atoms with van der Waals surface area (Å²) < 4.78 is 12.4. The van der Waals surface area contributed by atoms with Gasteiger partial charge in [0.15, 0.2) is 0 Å². The molecule has 1 aromatic heterocycles. The molecule has 1 aliphatic heterocycles. The molecule has 30 heavy (non-hydrogen) atoms. The molecule has 0 atom stereocenters. The Morgan fingerprint density at radius 1 is 1.13 bits per heavy atom. The van der Waals surface area contributed by atoms with Crippen LogP contribution in [0.5, 0.6) is 11.5 Å². The molecular weight excluding hydrogens is 444 g/mol. The van der Waals surface area contributed by atoms with Crippen molar-refractivity contribution in [2.24, 2.45) is 0 Å². The lowest BCUT2D eigenvalue weighted by Crippen LogP contribution is -2.44. The standard InChI is InChI=1S/C24H23BrN2O3/c1-17-15-20(8-9-22(17)30-21-3-2-12-26-16-21)27-23(28)24(10-13-29-14-11-24)18-4-6-19(25)7-5-18/h2-9,12,15-16H,10-11,13-14H2,1H3,(H,27,28). The van der Waals surface area contributed by atoms with E-state index in [4.69, 9.17) is 9.47 Å². The van der Waals surface area contributed by atoms with Crippen LogP contribution in [0, 0.1) is 6.92 Å². The molecule has 0 unspecified atom stereocenters. The van der Waals surface area contributed by atoms with Crippen LogP contribution in [0.15, 0.2) is 71.5 Å². The summed E-state index contributed by atoms with van der Waals surface area (Å²) in [4.78, 5) is 17.5. The number of ether oxygens (including phenoxy) is 2. The number of anilines is 1. The Balaban J connectivity index is 1.55. The van der Waals surface area contributed by atoms with E-state index in [1.54, 1.807) is 12.4 Å². The molecule has 1 aliphatic rings. The molecule has 3 aromatic rings. The summed E-state index contributed by atoms with van der Waals surface area (Å²) in [6.45, 7) is 3.10. The smallest absolute Gasteiger partial charge is 0.235 e. The van der Waals surface area contributed by atoms with E-state index in [9.17, 15) is 4.79 Å². The lowest BCUT2D eigenvalue weighted by Gasteiger charge is -2.36. The summed E-state index contributed by atoms with van der Waals surface area (Å²) in [5.41, 5.74) is 2.10. The minimum atomic E-state index is -0.599. The highest BCUT2D eigenvalue weighted by molar-refractivity contribution is 9.10. The van der Waals surface area contributed by atoms with Gasteiger partial charge in [-0.1, -0.05) is 28.1 Å². The van der Waals surface area contributed by atoms with Crippen molar-refractivity contribution in [1.82, 2.24) is 4.98 Å². The zero-order valence-corrected chi connectivity index (χ0v) is 18.3. The number of amides is 1. The number of benzene rings is 2. The third-order valence-electron chi connectivity index (χ3n) is 5.47. The molecule has 0 spiro atoms. The summed E-state index contributed by atoms with van der Waals surface area (Å²) >= 11 is 3.48. The molecule has 2 aromatic carbocycles. The maximum atomic E-state index is 13.4. The highest BCUT2D eigenvalue weighted by atomic mass is 79.9. The van der Waals surface area contributed by atoms with Gasteiger partial charge in [-0.15, -0.1) is 0 Å². The quantitative estimate of drug-likeness (QED) is 0.528. The van der Waals surface area contributed by atoms with Crippen LogP contribution in [0.25, 0.3) is 0 Å². The van der Waals surface area contributed by atoms with Crippen LogP contribution in [0.1, 0.15) is 24.0 Å². The van der Waals surface area contributed by atoms with Gasteiger partial charge in [0.1, 0.15) is 11.5 Å². The average Bonchev–Trinajstić information content (AvgIpc) is 2.77. The molecule has 1 saturated heterocycles. The molecule has 1 fully saturated rings. The number of rotatable bonds is 5. The van der Waals surface area contributed by atoms with Gasteiger partial charge in [-0.3, -0.25) is 9.78 Å². The maximum Gasteiger partial charge on any atom is 0.235 e. The highest BCUT2D eigenvalue weighted by Crippen LogP contribution is 2.37. The molecule has 154 valence electrons. The Kier molecular flexibility index (Phi) is 6.16. The second-order valence-electron chi connectivity index (χ2n) is 7.43. The van der Waals surface area contributed by atoms with Crippen molar-refractivity contribution in [3.8, 4) is 11.5 Å². The topological polar surface area (TPSA) is 60.5 Å². The first-order valence-corrected chi connectivity index (χ1v) is 10.7. The monoisotopic (exact) mass is 466 g/mol. The van der Waals surface area contributed by atoms with E-state index in [1.807, 2.05) is 61.5 Å². The highest BCUT2D eigenvalue weighted by Gasteiger charge is 2.41. The van der Waals surface area contributed by atoms with Crippen LogP contribution in [-0.4, -0.2) is 24.1 Å². The van der Waals surface area contributed by atoms with E-state index < -0.39 is 5.41 Å². The second-order valence-corrected chi connectivity index (χ2v) is 8.34. The number of pyridine rings is 1. The van der Waals surface area contributed by atoms with Gasteiger partial charge in [-0.05, 0) is 73.4 Å². The number of halogens is 1. The van der Waals surface area contributed by atoms with Crippen molar-refractivity contribution in [1.29, 1.82) is 0 Å². The number of aromatic nitrogens is 1. The lowest BCUT2D eigenvalue weighted by molar-refractivity contribution is -0.125. The van der Waals surface area contributed by atoms with Gasteiger partial charge in [0.2, 0.25) is 5.91 Å². The van der Waals surface area contributed by atoms with Crippen LogP contribution in [0.2, 0.25) is 0 Å². The fourth-order valence-electron chi connectivity index (χ4n) is 3.76. The molecule has 6 heteroatoms. The van der Waals surface area contributed by atoms with Crippen molar-refractivity contribution in [2.75, 3.05) is 18.5 Å². The first-order chi connectivity index (χ1) is 14.6. The summed E-state index contributed by atoms with van der Waals surface area (Å²) in [6, 6.07) is 17.3. The van der Waals surface area contributed by atoms with Crippen molar-refractivity contribution in [3.63, 3.8) is 0 Å². The van der Waals surface area contributed by atoms with Gasteiger partial charge >= 0.3 is 0 Å². The Labute approximate surface area is 184 Å². The zero-order chi connectivity index (χ0) is 21.0. The molecule has 0 bridgehead atoms. The van der Waals surface area contributed by atoms with Crippen LogP contribution < -0.4 is 10.1 Å². The van der Waals surface area contributed by atoms with E-state index >= 15 is 0 Å². The van der Waals surface area contributed by atoms with E-state index in [2.05, 4.69) is 26.2 Å². The molecule has 1 amide bonds. The van der Waals surface area contributed by atoms with Crippen molar-refractivity contribution in [2.45, 2.75) is 25.2 Å². The third-order valence-corrected chi connectivity index (χ3v) is 6.00.